The molecule has 0 saturated carbocycles. The normalized spacial score (nSPS) is 19.5. The topological polar surface area (TPSA) is 70.2 Å². The van der Waals surface area contributed by atoms with Crippen molar-refractivity contribution in [1.82, 2.24) is 9.21 Å². The number of rotatable bonds is 5. The number of carbonyl (C=O) groups is 1. The molecule has 1 unspecified atom stereocenters. The van der Waals surface area contributed by atoms with Gasteiger partial charge in [0.05, 0.1) is 29.7 Å². The van der Waals surface area contributed by atoms with E-state index in [-0.39, 0.29) is 16.8 Å². The van der Waals surface area contributed by atoms with Crippen LogP contribution in [0.4, 0.5) is 5.69 Å². The van der Waals surface area contributed by atoms with Gasteiger partial charge in [-0.25, -0.2) is 12.7 Å². The van der Waals surface area contributed by atoms with Crippen LogP contribution in [0, 0.1) is 0 Å². The van der Waals surface area contributed by atoms with E-state index in [1.807, 2.05) is 4.90 Å². The molecule has 9 heteroatoms. The van der Waals surface area contributed by atoms with Gasteiger partial charge >= 0.3 is 0 Å². The Morgan fingerprint density at radius 3 is 2.61 bits per heavy atom. The van der Waals surface area contributed by atoms with Crippen LogP contribution in [0.15, 0.2) is 34.5 Å². The van der Waals surface area contributed by atoms with Crippen molar-refractivity contribution in [1.29, 1.82) is 0 Å². The first-order chi connectivity index (χ1) is 14.8. The number of nitrogens with zero attached hydrogens (tertiary/aromatic N) is 3. The number of thiophene rings is 1. The first kappa shape index (κ1) is 22.3. The molecule has 0 bridgehead atoms. The molecule has 7 nitrogen and oxygen atoms in total. The smallest absolute Gasteiger partial charge is 0.256 e. The SMILES string of the molecule is CCC1c2ccsc2CCN1C(=O)c1cc(S(=O)(=O)N(C)C)ccc1N1CCOCC1. The fourth-order valence-corrected chi connectivity index (χ4v) is 6.23. The fourth-order valence-electron chi connectivity index (χ4n) is 4.37. The van der Waals surface area contributed by atoms with Gasteiger partial charge in [0.15, 0.2) is 0 Å². The molecule has 0 N–H and O–H groups in total. The third kappa shape index (κ3) is 4.11. The molecule has 1 atom stereocenters. The van der Waals surface area contributed by atoms with E-state index in [0.29, 0.717) is 38.4 Å². The van der Waals surface area contributed by atoms with Crippen molar-refractivity contribution in [3.05, 3.63) is 45.6 Å². The van der Waals surface area contributed by atoms with Crippen LogP contribution >= 0.6 is 11.3 Å². The molecule has 1 saturated heterocycles. The lowest BCUT2D eigenvalue weighted by Gasteiger charge is -2.37. The molecule has 1 aromatic heterocycles. The lowest BCUT2D eigenvalue weighted by molar-refractivity contribution is 0.0656. The van der Waals surface area contributed by atoms with Crippen LogP contribution in [-0.4, -0.2) is 70.5 Å². The molecule has 2 aliphatic rings. The van der Waals surface area contributed by atoms with E-state index in [1.165, 1.54) is 28.8 Å². The number of benzene rings is 1. The Kier molecular flexibility index (Phi) is 6.39. The second kappa shape index (κ2) is 8.90. The maximum atomic E-state index is 13.9. The molecule has 0 aliphatic carbocycles. The summed E-state index contributed by atoms with van der Waals surface area (Å²) in [6.45, 7) is 5.25. The summed E-state index contributed by atoms with van der Waals surface area (Å²) < 4.78 is 32.2. The average molecular weight is 464 g/mol. The first-order valence-electron chi connectivity index (χ1n) is 10.6. The minimum absolute atomic E-state index is 0.00847. The van der Waals surface area contributed by atoms with Gasteiger partial charge in [-0.2, -0.15) is 0 Å². The maximum absolute atomic E-state index is 13.9. The zero-order chi connectivity index (χ0) is 22.2. The van der Waals surface area contributed by atoms with Gasteiger partial charge < -0.3 is 14.5 Å². The Hall–Kier alpha value is -1.94. The van der Waals surface area contributed by atoms with E-state index in [9.17, 15) is 13.2 Å². The van der Waals surface area contributed by atoms with Crippen molar-refractivity contribution in [3.8, 4) is 0 Å². The molecule has 1 fully saturated rings. The van der Waals surface area contributed by atoms with Crippen LogP contribution in [-0.2, 0) is 21.2 Å². The fraction of sp³-hybridized carbons (Fsp3) is 0.500. The molecular weight excluding hydrogens is 434 g/mol. The van der Waals surface area contributed by atoms with Crippen LogP contribution in [0.3, 0.4) is 0 Å². The summed E-state index contributed by atoms with van der Waals surface area (Å²) >= 11 is 1.74. The van der Waals surface area contributed by atoms with Crippen molar-refractivity contribution >= 4 is 33.0 Å². The Morgan fingerprint density at radius 2 is 1.94 bits per heavy atom. The standard InChI is InChI=1S/C22H29N3O4S2/c1-4-19-17-8-14-30-21(17)7-9-25(19)22(26)18-15-16(31(27,28)23(2)3)5-6-20(18)24-10-12-29-13-11-24/h5-6,8,14-15,19H,4,7,9-13H2,1-3H3. The molecule has 3 heterocycles. The molecule has 168 valence electrons. The summed E-state index contributed by atoms with van der Waals surface area (Å²) in [7, 11) is -0.644. The van der Waals surface area contributed by atoms with Crippen molar-refractivity contribution in [2.75, 3.05) is 51.8 Å². The maximum Gasteiger partial charge on any atom is 0.256 e. The predicted octanol–water partition coefficient (Wildman–Crippen LogP) is 2.98. The molecule has 4 rings (SSSR count). The second-order valence-electron chi connectivity index (χ2n) is 8.04. The highest BCUT2D eigenvalue weighted by Gasteiger charge is 2.33. The van der Waals surface area contributed by atoms with Crippen LogP contribution < -0.4 is 4.90 Å². The minimum atomic E-state index is -3.65. The van der Waals surface area contributed by atoms with Crippen molar-refractivity contribution in [3.63, 3.8) is 0 Å². The minimum Gasteiger partial charge on any atom is -0.378 e. The molecular formula is C22H29N3O4S2. The summed E-state index contributed by atoms with van der Waals surface area (Å²) in [6.07, 6.45) is 1.65. The number of hydrogen-bond donors (Lipinski definition) is 0. The Morgan fingerprint density at radius 1 is 1.19 bits per heavy atom. The summed E-state index contributed by atoms with van der Waals surface area (Å²) in [5.74, 6) is -0.110. The number of amides is 1. The van der Waals surface area contributed by atoms with Crippen molar-refractivity contribution in [2.45, 2.75) is 30.7 Å². The number of carbonyl (C=O) groups excluding carboxylic acids is 1. The van der Waals surface area contributed by atoms with Crippen LogP contribution in [0.2, 0.25) is 0 Å². The summed E-state index contributed by atoms with van der Waals surface area (Å²) in [4.78, 5) is 19.4. The molecule has 1 amide bonds. The Balaban J connectivity index is 1.78. The van der Waals surface area contributed by atoms with Crippen LogP contribution in [0.25, 0.3) is 0 Å². The molecule has 0 spiro atoms. The van der Waals surface area contributed by atoms with Gasteiger partial charge in [0, 0.05) is 44.3 Å². The molecule has 1 aromatic carbocycles. The predicted molar refractivity (Wildman–Crippen MR) is 122 cm³/mol. The van der Waals surface area contributed by atoms with E-state index in [2.05, 4.69) is 23.3 Å². The van der Waals surface area contributed by atoms with Gasteiger partial charge in [-0.1, -0.05) is 6.92 Å². The largest absolute Gasteiger partial charge is 0.378 e. The van der Waals surface area contributed by atoms with Gasteiger partial charge in [0.1, 0.15) is 0 Å². The van der Waals surface area contributed by atoms with Crippen molar-refractivity contribution < 1.29 is 17.9 Å². The number of hydrogen-bond acceptors (Lipinski definition) is 6. The van der Waals surface area contributed by atoms with Crippen LogP contribution in [0.5, 0.6) is 0 Å². The monoisotopic (exact) mass is 463 g/mol. The van der Waals surface area contributed by atoms with Crippen molar-refractivity contribution in [2.24, 2.45) is 0 Å². The first-order valence-corrected chi connectivity index (χ1v) is 12.9. The van der Waals surface area contributed by atoms with Gasteiger partial charge in [0.25, 0.3) is 5.91 Å². The third-order valence-electron chi connectivity index (χ3n) is 6.07. The van der Waals surface area contributed by atoms with Gasteiger partial charge in [0.2, 0.25) is 10.0 Å². The number of anilines is 1. The van der Waals surface area contributed by atoms with Gasteiger partial charge in [-0.3, -0.25) is 4.79 Å². The van der Waals surface area contributed by atoms with E-state index in [4.69, 9.17) is 4.74 Å². The molecule has 2 aromatic rings. The highest BCUT2D eigenvalue weighted by atomic mass is 32.2. The third-order valence-corrected chi connectivity index (χ3v) is 8.88. The number of fused-ring (bicyclic) bond motifs is 1. The molecule has 0 radical (unpaired) electrons. The summed E-state index contributed by atoms with van der Waals surface area (Å²) in [5.41, 5.74) is 2.44. The lowest BCUT2D eigenvalue weighted by atomic mass is 9.96. The zero-order valence-corrected chi connectivity index (χ0v) is 19.8. The Bertz CT molecular complexity index is 1060. The highest BCUT2D eigenvalue weighted by Crippen LogP contribution is 2.37. The lowest BCUT2D eigenvalue weighted by Crippen LogP contribution is -2.41. The van der Waals surface area contributed by atoms with E-state index in [1.54, 1.807) is 29.5 Å². The van der Waals surface area contributed by atoms with E-state index >= 15 is 0 Å². The molecule has 2 aliphatic heterocycles. The quantitative estimate of drug-likeness (QED) is 0.682. The Labute approximate surface area is 188 Å². The zero-order valence-electron chi connectivity index (χ0n) is 18.2. The van der Waals surface area contributed by atoms with Crippen LogP contribution in [0.1, 0.15) is 40.2 Å². The summed E-state index contributed by atoms with van der Waals surface area (Å²) in [5, 5.41) is 2.09. The second-order valence-corrected chi connectivity index (χ2v) is 11.2. The average Bonchev–Trinajstić information content (AvgIpc) is 3.27. The number of sulfonamides is 1. The van der Waals surface area contributed by atoms with Gasteiger partial charge in [-0.15, -0.1) is 11.3 Å². The van der Waals surface area contributed by atoms with Gasteiger partial charge in [-0.05, 0) is 48.1 Å². The number of ether oxygens (including phenoxy) is 1. The van der Waals surface area contributed by atoms with E-state index in [0.717, 1.165) is 18.5 Å². The highest BCUT2D eigenvalue weighted by molar-refractivity contribution is 7.89. The number of morpholine rings is 1. The summed E-state index contributed by atoms with van der Waals surface area (Å²) in [6, 6.07) is 7.05. The van der Waals surface area contributed by atoms with E-state index < -0.39 is 10.0 Å². The molecule has 31 heavy (non-hydrogen) atoms.